The molecule has 1 aliphatic rings. The van der Waals surface area contributed by atoms with Gasteiger partial charge in [0, 0.05) is 36.4 Å². The molecule has 40 heavy (non-hydrogen) atoms. The Kier molecular flexibility index (Phi) is 9.57. The van der Waals surface area contributed by atoms with Crippen molar-refractivity contribution < 1.29 is 14.3 Å². The van der Waals surface area contributed by atoms with Gasteiger partial charge < -0.3 is 30.1 Å². The monoisotopic (exact) mass is 565 g/mol. The summed E-state index contributed by atoms with van der Waals surface area (Å²) >= 11 is 6.40. The van der Waals surface area contributed by atoms with E-state index in [2.05, 4.69) is 50.6 Å². The van der Waals surface area contributed by atoms with Crippen LogP contribution in [0.3, 0.4) is 0 Å². The first-order valence-corrected chi connectivity index (χ1v) is 13.5. The molecule has 1 aromatic heterocycles. The molecule has 2 heterocycles. The molecule has 2 aromatic carbocycles. The van der Waals surface area contributed by atoms with Gasteiger partial charge in [-0.15, -0.1) is 0 Å². The first kappa shape index (κ1) is 29.3. The number of nitrogens with one attached hydrogen (secondary N) is 2. The fourth-order valence-electron chi connectivity index (χ4n) is 4.68. The number of likely N-dealkylation sites (N-methyl/N-ethyl adjacent to an activating group) is 1. The summed E-state index contributed by atoms with van der Waals surface area (Å²) in [4.78, 5) is 40.4. The normalized spacial score (nSPS) is 13.9. The molecule has 212 valence electrons. The van der Waals surface area contributed by atoms with Gasteiger partial charge in [0.1, 0.15) is 10.8 Å². The number of para-hydroxylation sites is 1. The van der Waals surface area contributed by atoms with Crippen molar-refractivity contribution in [3.05, 3.63) is 59.2 Å². The van der Waals surface area contributed by atoms with Crippen molar-refractivity contribution in [1.29, 1.82) is 0 Å². The topological polar surface area (TPSA) is 103 Å². The van der Waals surface area contributed by atoms with Crippen molar-refractivity contribution in [3.63, 3.8) is 0 Å². The third-order valence-corrected chi connectivity index (χ3v) is 7.15. The lowest BCUT2D eigenvalue weighted by Gasteiger charge is -2.36. The Hall–Kier alpha value is -3.73. The van der Waals surface area contributed by atoms with Gasteiger partial charge in [-0.3, -0.25) is 9.59 Å². The standard InChI is InChI=1S/C29H36ClN7O3/c1-35(2)18-25(38)27(39)21-8-6-7-9-23(21)32-28-22(30)17-31-29(34-28)33-24-11-10-20(16-26(24)40-5)37-14-12-19(13-15-37)36(3)4/h6-11,16-17,19H,12-15,18H2,1-5H3,(H2,31,32,33,34). The smallest absolute Gasteiger partial charge is 0.232 e. The van der Waals surface area contributed by atoms with Gasteiger partial charge in [0.05, 0.1) is 31.2 Å². The number of benzene rings is 2. The summed E-state index contributed by atoms with van der Waals surface area (Å²) in [5.74, 6) is 0.149. The molecule has 0 aliphatic carbocycles. The fraction of sp³-hybridized carbons (Fsp3) is 0.379. The lowest BCUT2D eigenvalue weighted by molar-refractivity contribution is -0.115. The van der Waals surface area contributed by atoms with Crippen LogP contribution in [-0.4, -0.2) is 92.3 Å². The average molecular weight is 566 g/mol. The third kappa shape index (κ3) is 7.07. The summed E-state index contributed by atoms with van der Waals surface area (Å²) < 4.78 is 5.68. The number of Topliss-reactive ketones (excluding diaryl/α,β-unsaturated/α-hetero) is 2. The number of anilines is 5. The summed E-state index contributed by atoms with van der Waals surface area (Å²) in [6.45, 7) is 1.99. The van der Waals surface area contributed by atoms with E-state index in [4.69, 9.17) is 16.3 Å². The highest BCUT2D eigenvalue weighted by Gasteiger charge is 2.23. The van der Waals surface area contributed by atoms with E-state index >= 15 is 0 Å². The number of aromatic nitrogens is 2. The number of methoxy groups -OCH3 is 1. The second-order valence-electron chi connectivity index (χ2n) is 10.2. The van der Waals surface area contributed by atoms with Crippen LogP contribution in [0.1, 0.15) is 23.2 Å². The van der Waals surface area contributed by atoms with E-state index in [1.54, 1.807) is 50.4 Å². The SMILES string of the molecule is COc1cc(N2CCC(N(C)C)CC2)ccc1Nc1ncc(Cl)c(Nc2ccccc2C(=O)C(=O)CN(C)C)n1. The Morgan fingerprint density at radius 1 is 1.05 bits per heavy atom. The maximum atomic E-state index is 12.8. The van der Waals surface area contributed by atoms with Crippen LogP contribution in [0.25, 0.3) is 0 Å². The molecule has 1 aliphatic heterocycles. The molecule has 4 rings (SSSR count). The van der Waals surface area contributed by atoms with Crippen molar-refractivity contribution in [1.82, 2.24) is 19.8 Å². The number of carbonyl (C=O) groups excluding carboxylic acids is 2. The third-order valence-electron chi connectivity index (χ3n) is 6.87. The van der Waals surface area contributed by atoms with E-state index in [0.717, 1.165) is 31.6 Å². The van der Waals surface area contributed by atoms with Crippen molar-refractivity contribution in [2.45, 2.75) is 18.9 Å². The zero-order chi connectivity index (χ0) is 28.8. The highest BCUT2D eigenvalue weighted by Crippen LogP contribution is 2.34. The molecule has 0 unspecified atom stereocenters. The van der Waals surface area contributed by atoms with Gasteiger partial charge in [0.15, 0.2) is 5.82 Å². The number of hydrogen-bond acceptors (Lipinski definition) is 10. The molecule has 0 radical (unpaired) electrons. The van der Waals surface area contributed by atoms with E-state index in [-0.39, 0.29) is 23.1 Å². The molecule has 1 fully saturated rings. The van der Waals surface area contributed by atoms with Gasteiger partial charge in [-0.05, 0) is 65.3 Å². The van der Waals surface area contributed by atoms with Gasteiger partial charge in [0.25, 0.3) is 0 Å². The number of nitrogens with zero attached hydrogens (tertiary/aromatic N) is 5. The second-order valence-corrected chi connectivity index (χ2v) is 10.6. The van der Waals surface area contributed by atoms with Gasteiger partial charge in [0.2, 0.25) is 17.5 Å². The zero-order valence-electron chi connectivity index (χ0n) is 23.6. The van der Waals surface area contributed by atoms with Gasteiger partial charge in [-0.25, -0.2) is 4.98 Å². The molecule has 1 saturated heterocycles. The van der Waals surface area contributed by atoms with E-state index in [9.17, 15) is 9.59 Å². The summed E-state index contributed by atoms with van der Waals surface area (Å²) in [6, 6.07) is 13.4. The molecule has 3 aromatic rings. The average Bonchev–Trinajstić information content (AvgIpc) is 2.94. The summed E-state index contributed by atoms with van der Waals surface area (Å²) in [5, 5.41) is 6.57. The Morgan fingerprint density at radius 3 is 2.45 bits per heavy atom. The van der Waals surface area contributed by atoms with Crippen LogP contribution in [0.4, 0.5) is 28.8 Å². The lowest BCUT2D eigenvalue weighted by Crippen LogP contribution is -2.41. The number of halogens is 1. The number of carbonyl (C=O) groups is 2. The number of rotatable bonds is 11. The minimum Gasteiger partial charge on any atom is -0.494 e. The molecule has 0 amide bonds. The van der Waals surface area contributed by atoms with Crippen LogP contribution in [0.15, 0.2) is 48.7 Å². The van der Waals surface area contributed by atoms with Crippen LogP contribution in [0.2, 0.25) is 5.02 Å². The van der Waals surface area contributed by atoms with Gasteiger partial charge in [-0.1, -0.05) is 23.7 Å². The Morgan fingerprint density at radius 2 is 1.77 bits per heavy atom. The highest BCUT2D eigenvalue weighted by molar-refractivity contribution is 6.45. The lowest BCUT2D eigenvalue weighted by atomic mass is 10.0. The van der Waals surface area contributed by atoms with Crippen molar-refractivity contribution in [2.24, 2.45) is 0 Å². The van der Waals surface area contributed by atoms with E-state index in [0.29, 0.717) is 29.0 Å². The number of hydrogen-bond donors (Lipinski definition) is 2. The zero-order valence-corrected chi connectivity index (χ0v) is 24.3. The number of ether oxygens (including phenoxy) is 1. The van der Waals surface area contributed by atoms with Crippen molar-refractivity contribution >= 4 is 52.0 Å². The van der Waals surface area contributed by atoms with Crippen molar-refractivity contribution in [3.8, 4) is 5.75 Å². The molecular weight excluding hydrogens is 530 g/mol. The molecule has 0 spiro atoms. The minimum atomic E-state index is -0.587. The van der Waals surface area contributed by atoms with Gasteiger partial charge in [-0.2, -0.15) is 4.98 Å². The first-order chi connectivity index (χ1) is 19.2. The van der Waals surface area contributed by atoms with Crippen LogP contribution in [0, 0.1) is 0 Å². The Balaban J connectivity index is 1.52. The molecule has 11 heteroatoms. The summed E-state index contributed by atoms with van der Waals surface area (Å²) in [7, 11) is 9.37. The van der Waals surface area contributed by atoms with Crippen LogP contribution in [-0.2, 0) is 4.79 Å². The highest BCUT2D eigenvalue weighted by atomic mass is 35.5. The van der Waals surface area contributed by atoms with Crippen LogP contribution < -0.4 is 20.3 Å². The molecule has 0 saturated carbocycles. The summed E-state index contributed by atoms with van der Waals surface area (Å²) in [5.41, 5.74) is 2.47. The van der Waals surface area contributed by atoms with E-state index in [1.807, 2.05) is 12.1 Å². The second kappa shape index (κ2) is 13.1. The first-order valence-electron chi connectivity index (χ1n) is 13.1. The molecule has 2 N–H and O–H groups in total. The summed E-state index contributed by atoms with van der Waals surface area (Å²) in [6.07, 6.45) is 3.70. The molecular formula is C29H36ClN7O3. The molecule has 0 bridgehead atoms. The predicted molar refractivity (Wildman–Crippen MR) is 160 cm³/mol. The van der Waals surface area contributed by atoms with Crippen LogP contribution in [0.5, 0.6) is 5.75 Å². The van der Waals surface area contributed by atoms with E-state index in [1.165, 1.54) is 6.20 Å². The maximum Gasteiger partial charge on any atom is 0.232 e. The molecule has 10 nitrogen and oxygen atoms in total. The van der Waals surface area contributed by atoms with E-state index < -0.39 is 11.6 Å². The Bertz CT molecular complexity index is 1360. The predicted octanol–water partition coefficient (Wildman–Crippen LogP) is 4.47. The quantitative estimate of drug-likeness (QED) is 0.256. The Labute approximate surface area is 240 Å². The number of ketones is 2. The molecule has 0 atom stereocenters. The minimum absolute atomic E-state index is 0.0183. The maximum absolute atomic E-state index is 12.8. The van der Waals surface area contributed by atoms with Crippen LogP contribution >= 0.6 is 11.6 Å². The van der Waals surface area contributed by atoms with Crippen molar-refractivity contribution in [2.75, 3.05) is 70.5 Å². The van der Waals surface area contributed by atoms with Gasteiger partial charge >= 0.3 is 0 Å². The number of piperidine rings is 1. The fourth-order valence-corrected chi connectivity index (χ4v) is 4.82. The largest absolute Gasteiger partial charge is 0.494 e.